The SMILES string of the molecule is Cc1ccc(N2C(=O)c3ccccc3NC2c2c(C)nn(-c3ccccc3)c2Cl)cc1. The molecule has 0 spiro atoms. The zero-order valence-corrected chi connectivity index (χ0v) is 18.0. The number of nitrogens with zero attached hydrogens (tertiary/aromatic N) is 3. The van der Waals surface area contributed by atoms with Crippen molar-refractivity contribution >= 4 is 28.9 Å². The Kier molecular flexibility index (Phi) is 4.75. The molecule has 0 saturated carbocycles. The number of aryl methyl sites for hydroxylation is 2. The van der Waals surface area contributed by atoms with Crippen LogP contribution in [0.5, 0.6) is 0 Å². The van der Waals surface area contributed by atoms with Gasteiger partial charge in [-0.15, -0.1) is 0 Å². The Morgan fingerprint density at radius 3 is 2.29 bits per heavy atom. The summed E-state index contributed by atoms with van der Waals surface area (Å²) in [6, 6.07) is 25.2. The summed E-state index contributed by atoms with van der Waals surface area (Å²) in [5.41, 5.74) is 5.73. The number of aromatic nitrogens is 2. The van der Waals surface area contributed by atoms with Crippen molar-refractivity contribution in [2.75, 3.05) is 10.2 Å². The third kappa shape index (κ3) is 3.27. The van der Waals surface area contributed by atoms with Crippen molar-refractivity contribution in [1.82, 2.24) is 9.78 Å². The summed E-state index contributed by atoms with van der Waals surface area (Å²) >= 11 is 6.87. The minimum Gasteiger partial charge on any atom is -0.360 e. The molecule has 31 heavy (non-hydrogen) atoms. The van der Waals surface area contributed by atoms with E-state index in [0.29, 0.717) is 10.7 Å². The Morgan fingerprint density at radius 1 is 0.871 bits per heavy atom. The molecular weight excluding hydrogens is 408 g/mol. The maximum Gasteiger partial charge on any atom is 0.262 e. The van der Waals surface area contributed by atoms with Crippen molar-refractivity contribution < 1.29 is 4.79 Å². The predicted octanol–water partition coefficient (Wildman–Crippen LogP) is 5.91. The number of anilines is 2. The van der Waals surface area contributed by atoms with Gasteiger partial charge in [0.1, 0.15) is 11.3 Å². The number of carbonyl (C=O) groups excluding carboxylic acids is 1. The number of benzene rings is 3. The fourth-order valence-corrected chi connectivity index (χ4v) is 4.36. The van der Waals surface area contributed by atoms with Gasteiger partial charge in [0.15, 0.2) is 0 Å². The number of fused-ring (bicyclic) bond motifs is 1. The number of amides is 1. The van der Waals surface area contributed by atoms with Gasteiger partial charge in [-0.3, -0.25) is 9.69 Å². The van der Waals surface area contributed by atoms with Gasteiger partial charge in [-0.2, -0.15) is 5.10 Å². The third-order valence-corrected chi connectivity index (χ3v) is 5.92. The van der Waals surface area contributed by atoms with Crippen LogP contribution in [0.15, 0.2) is 78.9 Å². The molecule has 1 aromatic heterocycles. The highest BCUT2D eigenvalue weighted by Gasteiger charge is 2.37. The lowest BCUT2D eigenvalue weighted by molar-refractivity contribution is 0.0975. The maximum atomic E-state index is 13.6. The molecule has 0 radical (unpaired) electrons. The van der Waals surface area contributed by atoms with E-state index in [2.05, 4.69) is 10.4 Å². The second kappa shape index (κ2) is 7.60. The molecule has 5 nitrogen and oxygen atoms in total. The van der Waals surface area contributed by atoms with Gasteiger partial charge in [0.05, 0.1) is 22.5 Å². The van der Waals surface area contributed by atoms with Crippen molar-refractivity contribution in [2.45, 2.75) is 20.0 Å². The molecule has 1 aliphatic heterocycles. The van der Waals surface area contributed by atoms with Crippen LogP contribution in [-0.2, 0) is 0 Å². The van der Waals surface area contributed by atoms with Crippen molar-refractivity contribution in [2.24, 2.45) is 0 Å². The van der Waals surface area contributed by atoms with Gasteiger partial charge in [-0.25, -0.2) is 4.68 Å². The summed E-state index contributed by atoms with van der Waals surface area (Å²) in [4.78, 5) is 15.4. The lowest BCUT2D eigenvalue weighted by Gasteiger charge is -2.38. The number of hydrogen-bond donors (Lipinski definition) is 1. The maximum absolute atomic E-state index is 13.6. The summed E-state index contributed by atoms with van der Waals surface area (Å²) in [7, 11) is 0. The number of rotatable bonds is 3. The zero-order valence-electron chi connectivity index (χ0n) is 17.2. The van der Waals surface area contributed by atoms with Gasteiger partial charge < -0.3 is 5.32 Å². The first-order valence-corrected chi connectivity index (χ1v) is 10.5. The van der Waals surface area contributed by atoms with Gasteiger partial charge >= 0.3 is 0 Å². The molecule has 1 aliphatic rings. The number of halogens is 1. The molecule has 3 aromatic carbocycles. The summed E-state index contributed by atoms with van der Waals surface area (Å²) in [6.45, 7) is 3.94. The average molecular weight is 429 g/mol. The van der Waals surface area contributed by atoms with Crippen LogP contribution in [-0.4, -0.2) is 15.7 Å². The van der Waals surface area contributed by atoms with E-state index in [-0.39, 0.29) is 5.91 Å². The van der Waals surface area contributed by atoms with Crippen molar-refractivity contribution in [1.29, 1.82) is 0 Å². The summed E-state index contributed by atoms with van der Waals surface area (Å²) < 4.78 is 1.71. The summed E-state index contributed by atoms with van der Waals surface area (Å²) in [5, 5.41) is 8.68. The monoisotopic (exact) mass is 428 g/mol. The second-order valence-corrected chi connectivity index (χ2v) is 8.00. The highest BCUT2D eigenvalue weighted by atomic mass is 35.5. The first kappa shape index (κ1) is 19.4. The van der Waals surface area contributed by atoms with Crippen LogP contribution in [0.25, 0.3) is 5.69 Å². The molecule has 0 aliphatic carbocycles. The Balaban J connectivity index is 1.68. The van der Waals surface area contributed by atoms with E-state index >= 15 is 0 Å². The highest BCUT2D eigenvalue weighted by Crippen LogP contribution is 2.40. The standard InChI is InChI=1S/C25H21ClN4O/c1-16-12-14-18(15-13-16)29-24(27-21-11-7-6-10-20(21)25(29)31)22-17(2)28-30(23(22)26)19-8-4-3-5-9-19/h3-15,24,27H,1-2H3. The minimum atomic E-state index is -0.491. The number of para-hydroxylation sites is 2. The molecule has 6 heteroatoms. The minimum absolute atomic E-state index is 0.0777. The smallest absolute Gasteiger partial charge is 0.262 e. The van der Waals surface area contributed by atoms with E-state index in [9.17, 15) is 4.79 Å². The first-order valence-electron chi connectivity index (χ1n) is 10.1. The van der Waals surface area contributed by atoms with Crippen molar-refractivity contribution in [3.63, 3.8) is 0 Å². The molecule has 0 bridgehead atoms. The van der Waals surface area contributed by atoms with Gasteiger partial charge in [0, 0.05) is 11.4 Å². The van der Waals surface area contributed by atoms with Crippen LogP contribution in [0.4, 0.5) is 11.4 Å². The average Bonchev–Trinajstić information content (AvgIpc) is 3.09. The lowest BCUT2D eigenvalue weighted by Crippen LogP contribution is -2.43. The second-order valence-electron chi connectivity index (χ2n) is 7.64. The molecule has 1 atom stereocenters. The normalized spacial score (nSPS) is 15.5. The van der Waals surface area contributed by atoms with Crippen molar-refractivity contribution in [3.05, 3.63) is 106 Å². The molecule has 1 unspecified atom stereocenters. The van der Waals surface area contributed by atoms with E-state index in [1.54, 1.807) is 9.58 Å². The van der Waals surface area contributed by atoms with E-state index < -0.39 is 6.17 Å². The van der Waals surface area contributed by atoms with E-state index in [0.717, 1.165) is 33.9 Å². The fourth-order valence-electron chi connectivity index (χ4n) is 3.99. The molecule has 0 fully saturated rings. The van der Waals surface area contributed by atoms with Gasteiger partial charge in [-0.1, -0.05) is 59.6 Å². The Hall–Kier alpha value is -3.57. The summed E-state index contributed by atoms with van der Waals surface area (Å²) in [6.07, 6.45) is -0.491. The van der Waals surface area contributed by atoms with Crippen LogP contribution in [0.2, 0.25) is 5.15 Å². The molecule has 0 saturated heterocycles. The Labute approximate surface area is 185 Å². The van der Waals surface area contributed by atoms with Crippen LogP contribution in [0, 0.1) is 13.8 Å². The molecule has 1 amide bonds. The number of hydrogen-bond acceptors (Lipinski definition) is 3. The van der Waals surface area contributed by atoms with Crippen LogP contribution in [0.1, 0.15) is 33.3 Å². The molecule has 5 rings (SSSR count). The molecular formula is C25H21ClN4O. The van der Waals surface area contributed by atoms with Gasteiger partial charge in [-0.05, 0) is 50.2 Å². The quantitative estimate of drug-likeness (QED) is 0.441. The lowest BCUT2D eigenvalue weighted by atomic mass is 10.0. The molecule has 4 aromatic rings. The fraction of sp³-hybridized carbons (Fsp3) is 0.120. The number of carbonyl (C=O) groups is 1. The number of nitrogens with one attached hydrogen (secondary N) is 1. The van der Waals surface area contributed by atoms with Crippen LogP contribution in [0.3, 0.4) is 0 Å². The molecule has 2 heterocycles. The molecule has 154 valence electrons. The predicted molar refractivity (Wildman–Crippen MR) is 124 cm³/mol. The Bertz CT molecular complexity index is 1260. The van der Waals surface area contributed by atoms with Crippen molar-refractivity contribution in [3.8, 4) is 5.69 Å². The molecule has 1 N–H and O–H groups in total. The van der Waals surface area contributed by atoms with E-state index in [1.165, 1.54) is 0 Å². The third-order valence-electron chi connectivity index (χ3n) is 5.56. The van der Waals surface area contributed by atoms with Crippen LogP contribution >= 0.6 is 11.6 Å². The zero-order chi connectivity index (χ0) is 21.5. The topological polar surface area (TPSA) is 50.2 Å². The van der Waals surface area contributed by atoms with Gasteiger partial charge in [0.25, 0.3) is 5.91 Å². The summed E-state index contributed by atoms with van der Waals surface area (Å²) in [5.74, 6) is -0.0777. The largest absolute Gasteiger partial charge is 0.360 e. The Morgan fingerprint density at radius 2 is 1.55 bits per heavy atom. The van der Waals surface area contributed by atoms with E-state index in [4.69, 9.17) is 11.6 Å². The first-order chi connectivity index (χ1) is 15.0. The van der Waals surface area contributed by atoms with Crippen LogP contribution < -0.4 is 10.2 Å². The van der Waals surface area contributed by atoms with Gasteiger partial charge in [0.2, 0.25) is 0 Å². The van der Waals surface area contributed by atoms with E-state index in [1.807, 2.05) is 92.7 Å². The highest BCUT2D eigenvalue weighted by molar-refractivity contribution is 6.31.